The maximum Gasteiger partial charge on any atom is 0.335 e. The second kappa shape index (κ2) is 13.5. The molecule has 10 heteroatoms. The first-order valence-corrected chi connectivity index (χ1v) is 11.1. The van der Waals surface area contributed by atoms with E-state index in [0.29, 0.717) is 0 Å². The number of aromatic nitrogens is 1. The fourth-order valence-electron chi connectivity index (χ4n) is 3.59. The van der Waals surface area contributed by atoms with Gasteiger partial charge in [0.1, 0.15) is 5.75 Å². The van der Waals surface area contributed by atoms with E-state index in [1.54, 1.807) is 0 Å². The number of carboxylic acid groups (broad SMARTS) is 2. The Hall–Kier alpha value is -3.21. The van der Waals surface area contributed by atoms with Gasteiger partial charge in [0, 0.05) is 25.2 Å². The van der Waals surface area contributed by atoms with E-state index in [2.05, 4.69) is 11.8 Å². The van der Waals surface area contributed by atoms with E-state index in [1.165, 1.54) is 38.3 Å². The lowest BCUT2D eigenvalue weighted by molar-refractivity contribution is -0.605. The molecule has 0 spiro atoms. The highest BCUT2D eigenvalue weighted by molar-refractivity contribution is 5.83. The molecule has 4 N–H and O–H groups in total. The van der Waals surface area contributed by atoms with Crippen LogP contribution in [0.25, 0.3) is 11.1 Å². The van der Waals surface area contributed by atoms with Gasteiger partial charge in [0.2, 0.25) is 0 Å². The predicted molar refractivity (Wildman–Crippen MR) is 123 cm³/mol. The van der Waals surface area contributed by atoms with Crippen LogP contribution in [-0.4, -0.2) is 75.7 Å². The van der Waals surface area contributed by atoms with E-state index >= 15 is 0 Å². The van der Waals surface area contributed by atoms with Gasteiger partial charge in [-0.2, -0.15) is 4.73 Å². The van der Waals surface area contributed by atoms with Crippen molar-refractivity contribution in [2.45, 2.75) is 38.4 Å². The molecule has 0 bridgehead atoms. The summed E-state index contributed by atoms with van der Waals surface area (Å²) in [5.74, 6) is -1.80. The number of ether oxygens (including phenoxy) is 1. The molecule has 1 aromatic heterocycles. The quantitative estimate of drug-likeness (QED) is 0.239. The molecule has 3 atom stereocenters. The Labute approximate surface area is 198 Å². The Balaban J connectivity index is 0.000000347. The molecule has 0 amide bonds. The summed E-state index contributed by atoms with van der Waals surface area (Å²) in [6, 6.07) is 11.7. The maximum atomic E-state index is 11.1. The van der Waals surface area contributed by atoms with E-state index < -0.39 is 24.1 Å². The highest BCUT2D eigenvalue weighted by Crippen LogP contribution is 2.21. The maximum absolute atomic E-state index is 11.1. The fourth-order valence-corrected chi connectivity index (χ4v) is 3.59. The lowest BCUT2D eigenvalue weighted by Gasteiger charge is -2.30. The van der Waals surface area contributed by atoms with E-state index in [1.807, 2.05) is 36.4 Å². The first-order chi connectivity index (χ1) is 16.2. The van der Waals surface area contributed by atoms with Crippen molar-refractivity contribution in [1.82, 2.24) is 4.90 Å². The topological polar surface area (TPSA) is 154 Å². The number of rotatable bonds is 9. The molecule has 2 heterocycles. The Bertz CT molecular complexity index is 886. The third-order valence-electron chi connectivity index (χ3n) is 5.42. The van der Waals surface area contributed by atoms with Crippen molar-refractivity contribution < 1.29 is 39.5 Å². The summed E-state index contributed by atoms with van der Waals surface area (Å²) in [6.45, 7) is 6.69. The molecule has 0 saturated carbocycles. The molecule has 34 heavy (non-hydrogen) atoms. The van der Waals surface area contributed by atoms with Gasteiger partial charge in [-0.05, 0) is 55.0 Å². The zero-order valence-corrected chi connectivity index (χ0v) is 19.1. The average Bonchev–Trinajstić information content (AvgIpc) is 2.82. The summed E-state index contributed by atoms with van der Waals surface area (Å²) in [5, 5.41) is 43.6. The second-order valence-corrected chi connectivity index (χ2v) is 8.29. The molecule has 10 nitrogen and oxygen atoms in total. The van der Waals surface area contributed by atoms with Crippen LogP contribution in [0.1, 0.15) is 26.2 Å². The normalized spacial score (nSPS) is 17.7. The number of benzene rings is 1. The third-order valence-corrected chi connectivity index (χ3v) is 5.42. The molecule has 1 fully saturated rings. The standard InChI is InChI=1S/C20H26N2O2.C4H6O6/c1-17-4-2-11-21(16-17)12-3-15-24-20-7-5-18(6-8-20)19-9-13-22(23)14-10-19;5-1(3(7)8)2(6)4(9)10/h5-10,13-14,17H,2-4,11-12,15-16H2,1H3;1-2,5-6H,(H,7,8)(H,9,10)/t17-;/m0./s1. The summed E-state index contributed by atoms with van der Waals surface area (Å²) in [5.41, 5.74) is 2.12. The van der Waals surface area contributed by atoms with Crippen LogP contribution < -0.4 is 9.47 Å². The first-order valence-electron chi connectivity index (χ1n) is 11.1. The van der Waals surface area contributed by atoms with E-state index in [4.69, 9.17) is 25.2 Å². The minimum Gasteiger partial charge on any atom is -0.619 e. The molecule has 0 aliphatic carbocycles. The molecule has 0 radical (unpaired) electrons. The minimum absolute atomic E-state index is 0.756. The SMILES string of the molecule is C[C@H]1CCCN(CCCOc2ccc(-c3cc[n+]([O-])cc3)cc2)C1.O=C(O)C(O)C(O)C(=O)O. The van der Waals surface area contributed by atoms with Crippen molar-refractivity contribution in [2.75, 3.05) is 26.2 Å². The lowest BCUT2D eigenvalue weighted by atomic mass is 10.0. The number of aliphatic hydroxyl groups is 2. The van der Waals surface area contributed by atoms with Crippen molar-refractivity contribution in [2.24, 2.45) is 5.92 Å². The van der Waals surface area contributed by atoms with Gasteiger partial charge in [-0.15, -0.1) is 0 Å². The summed E-state index contributed by atoms with van der Waals surface area (Å²) >= 11 is 0. The highest BCUT2D eigenvalue weighted by Gasteiger charge is 2.29. The third kappa shape index (κ3) is 8.97. The van der Waals surface area contributed by atoms with Crippen LogP contribution >= 0.6 is 0 Å². The van der Waals surface area contributed by atoms with Crippen molar-refractivity contribution >= 4 is 11.9 Å². The number of pyridine rings is 1. The molecular weight excluding hydrogens is 444 g/mol. The number of carbonyl (C=O) groups is 2. The Kier molecular flexibility index (Phi) is 10.7. The zero-order valence-electron chi connectivity index (χ0n) is 19.1. The Morgan fingerprint density at radius 3 is 2.15 bits per heavy atom. The largest absolute Gasteiger partial charge is 0.619 e. The summed E-state index contributed by atoms with van der Waals surface area (Å²) < 4.78 is 6.65. The first kappa shape index (κ1) is 27.0. The predicted octanol–water partition coefficient (Wildman–Crippen LogP) is 1.37. The highest BCUT2D eigenvalue weighted by atomic mass is 16.5. The van der Waals surface area contributed by atoms with Crippen LogP contribution in [0.3, 0.4) is 0 Å². The molecule has 2 unspecified atom stereocenters. The van der Waals surface area contributed by atoms with Crippen molar-refractivity contribution in [3.63, 3.8) is 0 Å². The van der Waals surface area contributed by atoms with E-state index in [9.17, 15) is 14.8 Å². The number of aliphatic hydroxyl groups excluding tert-OH is 2. The number of hydrogen-bond donors (Lipinski definition) is 4. The van der Waals surface area contributed by atoms with E-state index in [-0.39, 0.29) is 0 Å². The van der Waals surface area contributed by atoms with Crippen LogP contribution in [0, 0.1) is 11.1 Å². The van der Waals surface area contributed by atoms with Crippen LogP contribution in [0.4, 0.5) is 0 Å². The summed E-state index contributed by atoms with van der Waals surface area (Å²) in [6.07, 6.45) is 2.26. The molecule has 1 aromatic carbocycles. The number of hydrogen-bond acceptors (Lipinski definition) is 7. The Morgan fingerprint density at radius 2 is 1.62 bits per heavy atom. The minimum atomic E-state index is -2.27. The Morgan fingerprint density at radius 1 is 1.06 bits per heavy atom. The molecular formula is C24H32N2O8. The van der Waals surface area contributed by atoms with Gasteiger partial charge in [-0.3, -0.25) is 0 Å². The van der Waals surface area contributed by atoms with Gasteiger partial charge < -0.3 is 35.3 Å². The van der Waals surface area contributed by atoms with Crippen LogP contribution in [0.2, 0.25) is 0 Å². The number of carboxylic acids is 2. The summed E-state index contributed by atoms with van der Waals surface area (Å²) in [4.78, 5) is 22.1. The van der Waals surface area contributed by atoms with Crippen molar-refractivity contribution in [3.8, 4) is 16.9 Å². The molecule has 1 aliphatic heterocycles. The van der Waals surface area contributed by atoms with Crippen LogP contribution in [-0.2, 0) is 9.59 Å². The smallest absolute Gasteiger partial charge is 0.335 e. The number of likely N-dealkylation sites (tertiary alicyclic amines) is 1. The van der Waals surface area contributed by atoms with Gasteiger partial charge in [-0.25, -0.2) is 9.59 Å². The van der Waals surface area contributed by atoms with Crippen molar-refractivity contribution in [3.05, 3.63) is 54.0 Å². The second-order valence-electron chi connectivity index (χ2n) is 8.29. The van der Waals surface area contributed by atoms with Gasteiger partial charge >= 0.3 is 11.9 Å². The van der Waals surface area contributed by atoms with Gasteiger partial charge in [0.25, 0.3) is 0 Å². The van der Waals surface area contributed by atoms with Crippen molar-refractivity contribution in [1.29, 1.82) is 0 Å². The molecule has 3 rings (SSSR count). The monoisotopic (exact) mass is 476 g/mol. The fraction of sp³-hybridized carbons (Fsp3) is 0.458. The van der Waals surface area contributed by atoms with E-state index in [0.717, 1.165) is 47.1 Å². The van der Waals surface area contributed by atoms with Gasteiger partial charge in [0.15, 0.2) is 24.6 Å². The van der Waals surface area contributed by atoms with Gasteiger partial charge in [0.05, 0.1) is 6.61 Å². The average molecular weight is 477 g/mol. The lowest BCUT2D eigenvalue weighted by Crippen LogP contribution is -2.39. The molecule has 1 saturated heterocycles. The number of nitrogens with zero attached hydrogens (tertiary/aromatic N) is 2. The number of aliphatic carboxylic acids is 2. The number of piperidine rings is 1. The zero-order chi connectivity index (χ0) is 25.1. The molecule has 1 aliphatic rings. The molecule has 2 aromatic rings. The van der Waals surface area contributed by atoms with Gasteiger partial charge in [-0.1, -0.05) is 19.1 Å². The van der Waals surface area contributed by atoms with Crippen LogP contribution in [0.15, 0.2) is 48.8 Å². The summed E-state index contributed by atoms with van der Waals surface area (Å²) in [7, 11) is 0. The van der Waals surface area contributed by atoms with Crippen LogP contribution in [0.5, 0.6) is 5.75 Å². The molecule has 186 valence electrons.